The van der Waals surface area contributed by atoms with Crippen LogP contribution < -0.4 is 9.64 Å². The quantitative estimate of drug-likeness (QED) is 0.630. The molecule has 21 heavy (non-hydrogen) atoms. The van der Waals surface area contributed by atoms with Crippen LogP contribution in [0.4, 0.5) is 5.69 Å². The van der Waals surface area contributed by atoms with Crippen LogP contribution in [-0.4, -0.2) is 38.1 Å². The molecule has 5 heteroatoms. The second kappa shape index (κ2) is 5.76. The molecule has 0 aromatic heterocycles. The van der Waals surface area contributed by atoms with Crippen LogP contribution in [0.5, 0.6) is 5.75 Å². The molecule has 0 fully saturated rings. The molecule has 1 aliphatic rings. The molecule has 0 saturated carbocycles. The fourth-order valence-electron chi connectivity index (χ4n) is 2.52. The summed E-state index contributed by atoms with van der Waals surface area (Å²) < 4.78 is 10.5. The number of fused-ring (bicyclic) bond motifs is 1. The molecule has 0 bridgehead atoms. The van der Waals surface area contributed by atoms with Gasteiger partial charge in [0.2, 0.25) is 0 Å². The fourth-order valence-corrected chi connectivity index (χ4v) is 2.52. The van der Waals surface area contributed by atoms with Crippen LogP contribution >= 0.6 is 0 Å². The SMILES string of the molecule is COC(=O)CCC(=O)c1ccc2c(c1)N(C)CC(C)(C)O2. The van der Waals surface area contributed by atoms with Crippen molar-refractivity contribution in [1.82, 2.24) is 0 Å². The lowest BCUT2D eigenvalue weighted by molar-refractivity contribution is -0.140. The van der Waals surface area contributed by atoms with Crippen molar-refractivity contribution in [2.75, 3.05) is 25.6 Å². The van der Waals surface area contributed by atoms with Gasteiger partial charge in [0, 0.05) is 19.0 Å². The van der Waals surface area contributed by atoms with Crippen molar-refractivity contribution >= 4 is 17.4 Å². The van der Waals surface area contributed by atoms with Crippen LogP contribution in [0.2, 0.25) is 0 Å². The van der Waals surface area contributed by atoms with E-state index in [1.54, 1.807) is 6.07 Å². The molecule has 1 aromatic rings. The molecule has 0 N–H and O–H groups in total. The molecule has 0 atom stereocenters. The highest BCUT2D eigenvalue weighted by Crippen LogP contribution is 2.36. The van der Waals surface area contributed by atoms with Gasteiger partial charge in [-0.25, -0.2) is 0 Å². The maximum Gasteiger partial charge on any atom is 0.305 e. The summed E-state index contributed by atoms with van der Waals surface area (Å²) in [5.74, 6) is 0.336. The first-order valence-corrected chi connectivity index (χ1v) is 6.96. The Labute approximate surface area is 124 Å². The first-order valence-electron chi connectivity index (χ1n) is 6.96. The van der Waals surface area contributed by atoms with E-state index in [1.165, 1.54) is 7.11 Å². The van der Waals surface area contributed by atoms with Crippen molar-refractivity contribution in [3.05, 3.63) is 23.8 Å². The minimum absolute atomic E-state index is 0.0681. The highest BCUT2D eigenvalue weighted by molar-refractivity contribution is 5.98. The number of hydrogen-bond acceptors (Lipinski definition) is 5. The molecule has 5 nitrogen and oxygen atoms in total. The molecular weight excluding hydrogens is 270 g/mol. The van der Waals surface area contributed by atoms with Crippen LogP contribution in [0, 0.1) is 0 Å². The number of esters is 1. The monoisotopic (exact) mass is 291 g/mol. The van der Waals surface area contributed by atoms with E-state index < -0.39 is 0 Å². The van der Waals surface area contributed by atoms with Gasteiger partial charge < -0.3 is 14.4 Å². The maximum atomic E-state index is 12.1. The molecule has 1 aromatic carbocycles. The first kappa shape index (κ1) is 15.4. The number of Topliss-reactive ketones (excluding diaryl/α,β-unsaturated/α-hetero) is 1. The Hall–Kier alpha value is -2.04. The van der Waals surface area contributed by atoms with E-state index in [2.05, 4.69) is 9.64 Å². The predicted octanol–water partition coefficient (Wildman–Crippen LogP) is 2.43. The first-order chi connectivity index (χ1) is 9.82. The number of ether oxygens (including phenoxy) is 2. The number of rotatable bonds is 4. The lowest BCUT2D eigenvalue weighted by Crippen LogP contribution is -2.45. The van der Waals surface area contributed by atoms with Crippen molar-refractivity contribution in [3.8, 4) is 5.75 Å². The molecule has 0 spiro atoms. The summed E-state index contributed by atoms with van der Waals surface area (Å²) in [5.41, 5.74) is 1.24. The lowest BCUT2D eigenvalue weighted by Gasteiger charge is -2.39. The van der Waals surface area contributed by atoms with Gasteiger partial charge in [0.15, 0.2) is 5.78 Å². The zero-order valence-electron chi connectivity index (χ0n) is 12.9. The standard InChI is InChI=1S/C16H21NO4/c1-16(2)10-17(3)12-9-11(5-7-14(12)21-16)13(18)6-8-15(19)20-4/h5,7,9H,6,8,10H2,1-4H3. The Bertz CT molecular complexity index is 565. The van der Waals surface area contributed by atoms with Gasteiger partial charge in [-0.3, -0.25) is 9.59 Å². The Kier molecular flexibility index (Phi) is 4.21. The third kappa shape index (κ3) is 3.54. The number of carbonyl (C=O) groups is 2. The van der Waals surface area contributed by atoms with Gasteiger partial charge in [-0.2, -0.15) is 0 Å². The van der Waals surface area contributed by atoms with Gasteiger partial charge in [0.25, 0.3) is 0 Å². The van der Waals surface area contributed by atoms with Gasteiger partial charge in [0.1, 0.15) is 11.4 Å². The smallest absolute Gasteiger partial charge is 0.305 e. The number of likely N-dealkylation sites (N-methyl/N-ethyl adjacent to an activating group) is 1. The highest BCUT2D eigenvalue weighted by atomic mass is 16.5. The molecule has 1 heterocycles. The van der Waals surface area contributed by atoms with E-state index >= 15 is 0 Å². The van der Waals surface area contributed by atoms with Gasteiger partial charge in [0.05, 0.1) is 25.8 Å². The van der Waals surface area contributed by atoms with E-state index in [0.29, 0.717) is 5.56 Å². The van der Waals surface area contributed by atoms with E-state index in [1.807, 2.05) is 33.0 Å². The number of benzene rings is 1. The lowest BCUT2D eigenvalue weighted by atomic mass is 10.0. The molecule has 0 saturated heterocycles. The largest absolute Gasteiger partial charge is 0.484 e. The summed E-state index contributed by atoms with van der Waals surface area (Å²) in [5, 5.41) is 0. The predicted molar refractivity (Wildman–Crippen MR) is 80.0 cm³/mol. The number of hydrogen-bond donors (Lipinski definition) is 0. The van der Waals surface area contributed by atoms with E-state index in [9.17, 15) is 9.59 Å². The summed E-state index contributed by atoms with van der Waals surface area (Å²) in [4.78, 5) is 25.3. The van der Waals surface area contributed by atoms with Crippen molar-refractivity contribution in [1.29, 1.82) is 0 Å². The summed E-state index contributed by atoms with van der Waals surface area (Å²) in [6.45, 7) is 4.81. The minimum atomic E-state index is -0.372. The zero-order chi connectivity index (χ0) is 15.6. The zero-order valence-corrected chi connectivity index (χ0v) is 12.9. The summed E-state index contributed by atoms with van der Waals surface area (Å²) in [6.07, 6.45) is 0.257. The minimum Gasteiger partial charge on any atom is -0.484 e. The van der Waals surface area contributed by atoms with Crippen molar-refractivity contribution < 1.29 is 19.1 Å². The molecule has 2 rings (SSSR count). The third-order valence-corrected chi connectivity index (χ3v) is 3.48. The van der Waals surface area contributed by atoms with Crippen molar-refractivity contribution in [3.63, 3.8) is 0 Å². The molecule has 0 radical (unpaired) electrons. The molecule has 0 amide bonds. The number of nitrogens with zero attached hydrogens (tertiary/aromatic N) is 1. The fraction of sp³-hybridized carbons (Fsp3) is 0.500. The average Bonchev–Trinajstić information content (AvgIpc) is 2.42. The van der Waals surface area contributed by atoms with Gasteiger partial charge >= 0.3 is 5.97 Å². The molecule has 1 aliphatic heterocycles. The van der Waals surface area contributed by atoms with Crippen LogP contribution in [0.3, 0.4) is 0 Å². The second-order valence-corrected chi connectivity index (χ2v) is 5.90. The Morgan fingerprint density at radius 1 is 1.33 bits per heavy atom. The second-order valence-electron chi connectivity index (χ2n) is 5.90. The van der Waals surface area contributed by atoms with Gasteiger partial charge in [-0.15, -0.1) is 0 Å². The van der Waals surface area contributed by atoms with Crippen molar-refractivity contribution in [2.24, 2.45) is 0 Å². The number of ketones is 1. The van der Waals surface area contributed by atoms with Crippen LogP contribution in [0.15, 0.2) is 18.2 Å². The van der Waals surface area contributed by atoms with E-state index in [-0.39, 0.29) is 30.2 Å². The Morgan fingerprint density at radius 3 is 2.71 bits per heavy atom. The number of anilines is 1. The molecular formula is C16H21NO4. The molecule has 114 valence electrons. The maximum absolute atomic E-state index is 12.1. The van der Waals surface area contributed by atoms with Gasteiger partial charge in [-0.05, 0) is 32.0 Å². The third-order valence-electron chi connectivity index (χ3n) is 3.48. The number of carbonyl (C=O) groups excluding carboxylic acids is 2. The van der Waals surface area contributed by atoms with Crippen LogP contribution in [0.1, 0.15) is 37.0 Å². The Morgan fingerprint density at radius 2 is 2.05 bits per heavy atom. The summed E-state index contributed by atoms with van der Waals surface area (Å²) >= 11 is 0. The summed E-state index contributed by atoms with van der Waals surface area (Å²) in [7, 11) is 3.30. The van der Waals surface area contributed by atoms with E-state index in [0.717, 1.165) is 18.0 Å². The summed E-state index contributed by atoms with van der Waals surface area (Å²) in [6, 6.07) is 5.38. The van der Waals surface area contributed by atoms with E-state index in [4.69, 9.17) is 4.74 Å². The number of methoxy groups -OCH3 is 1. The molecule has 0 unspecified atom stereocenters. The molecule has 0 aliphatic carbocycles. The highest BCUT2D eigenvalue weighted by Gasteiger charge is 2.30. The topological polar surface area (TPSA) is 55.8 Å². The Balaban J connectivity index is 2.16. The average molecular weight is 291 g/mol. The van der Waals surface area contributed by atoms with Crippen LogP contribution in [0.25, 0.3) is 0 Å². The normalized spacial score (nSPS) is 15.9. The van der Waals surface area contributed by atoms with Crippen LogP contribution in [-0.2, 0) is 9.53 Å². The van der Waals surface area contributed by atoms with Gasteiger partial charge in [-0.1, -0.05) is 0 Å². The van der Waals surface area contributed by atoms with Crippen molar-refractivity contribution in [2.45, 2.75) is 32.3 Å².